The van der Waals surface area contributed by atoms with Crippen LogP contribution in [0.15, 0.2) is 0 Å². The van der Waals surface area contributed by atoms with Gasteiger partial charge in [0.1, 0.15) is 0 Å². The fourth-order valence-corrected chi connectivity index (χ4v) is 2.21. The first kappa shape index (κ1) is 7.86. The van der Waals surface area contributed by atoms with E-state index in [1.165, 1.54) is 4.90 Å². The van der Waals surface area contributed by atoms with Gasteiger partial charge >= 0.3 is 6.09 Å². The first-order valence-electron chi connectivity index (χ1n) is 4.46. The zero-order valence-electron chi connectivity index (χ0n) is 6.99. The summed E-state index contributed by atoms with van der Waals surface area (Å²) < 4.78 is 0. The Morgan fingerprint density at radius 2 is 2.17 bits per heavy atom. The van der Waals surface area contributed by atoms with E-state index in [-0.39, 0.29) is 0 Å². The summed E-state index contributed by atoms with van der Waals surface area (Å²) in [5.41, 5.74) is 0. The van der Waals surface area contributed by atoms with Crippen LogP contribution in [-0.4, -0.2) is 42.3 Å². The van der Waals surface area contributed by atoms with E-state index < -0.39 is 6.09 Å². The summed E-state index contributed by atoms with van der Waals surface area (Å²) in [6.07, 6.45) is 0.268. The molecule has 68 valence electrons. The number of rotatable bonds is 0. The Morgan fingerprint density at radius 3 is 2.92 bits per heavy atom. The molecule has 0 aliphatic carbocycles. The van der Waals surface area contributed by atoms with Crippen LogP contribution in [-0.2, 0) is 0 Å². The Bertz CT molecular complexity index is 195. The predicted octanol–water partition coefficient (Wildman–Crippen LogP) is 0.206. The van der Waals surface area contributed by atoms with Gasteiger partial charge in [0.2, 0.25) is 0 Å². The van der Waals surface area contributed by atoms with Gasteiger partial charge in [-0.25, -0.2) is 4.79 Å². The summed E-state index contributed by atoms with van der Waals surface area (Å²) >= 11 is 0. The summed E-state index contributed by atoms with van der Waals surface area (Å²) in [6, 6.07) is 0. The SMILES string of the molecule is O=C(O)N1CC[C@@H]2CNC[C@H]2C1. The van der Waals surface area contributed by atoms with Gasteiger partial charge in [-0.15, -0.1) is 0 Å². The molecule has 0 aromatic carbocycles. The number of fused-ring (bicyclic) bond motifs is 1. The molecule has 0 aromatic rings. The molecule has 2 atom stereocenters. The van der Waals surface area contributed by atoms with Crippen LogP contribution in [0.4, 0.5) is 4.79 Å². The Hall–Kier alpha value is -0.770. The number of piperidine rings is 1. The zero-order valence-corrected chi connectivity index (χ0v) is 6.99. The third kappa shape index (κ3) is 1.27. The standard InChI is InChI=1S/C8H14N2O2/c11-8(12)10-2-1-6-3-9-4-7(6)5-10/h6-7,9H,1-5H2,(H,11,12)/t6-,7+/m1/s1. The molecule has 4 nitrogen and oxygen atoms in total. The minimum absolute atomic E-state index is 0.565. The average Bonchev–Trinajstić information content (AvgIpc) is 2.49. The van der Waals surface area contributed by atoms with E-state index in [4.69, 9.17) is 5.11 Å². The highest BCUT2D eigenvalue weighted by Crippen LogP contribution is 2.26. The molecule has 2 aliphatic rings. The normalized spacial score (nSPS) is 34.8. The lowest BCUT2D eigenvalue weighted by Crippen LogP contribution is -2.42. The molecule has 0 aromatic heterocycles. The molecule has 2 N–H and O–H groups in total. The van der Waals surface area contributed by atoms with Crippen LogP contribution in [0.5, 0.6) is 0 Å². The van der Waals surface area contributed by atoms with Crippen molar-refractivity contribution in [3.05, 3.63) is 0 Å². The monoisotopic (exact) mass is 170 g/mol. The van der Waals surface area contributed by atoms with Gasteiger partial charge in [-0.05, 0) is 31.3 Å². The summed E-state index contributed by atoms with van der Waals surface area (Å²) in [5.74, 6) is 1.29. The van der Waals surface area contributed by atoms with Crippen molar-refractivity contribution in [1.29, 1.82) is 0 Å². The average molecular weight is 170 g/mol. The fraction of sp³-hybridized carbons (Fsp3) is 0.875. The third-order valence-electron chi connectivity index (χ3n) is 2.97. The quantitative estimate of drug-likeness (QED) is 0.546. The Labute approximate surface area is 71.5 Å². The molecule has 0 unspecified atom stereocenters. The summed E-state index contributed by atoms with van der Waals surface area (Å²) in [7, 11) is 0. The van der Waals surface area contributed by atoms with E-state index in [9.17, 15) is 4.79 Å². The van der Waals surface area contributed by atoms with Gasteiger partial charge in [-0.3, -0.25) is 0 Å². The lowest BCUT2D eigenvalue weighted by molar-refractivity contribution is 0.110. The van der Waals surface area contributed by atoms with Crippen molar-refractivity contribution in [2.75, 3.05) is 26.2 Å². The number of carbonyl (C=O) groups is 1. The molecular formula is C8H14N2O2. The largest absolute Gasteiger partial charge is 0.465 e. The van der Waals surface area contributed by atoms with Crippen LogP contribution in [0.1, 0.15) is 6.42 Å². The van der Waals surface area contributed by atoms with Crippen molar-refractivity contribution in [1.82, 2.24) is 10.2 Å². The van der Waals surface area contributed by atoms with Gasteiger partial charge in [0.15, 0.2) is 0 Å². The minimum Gasteiger partial charge on any atom is -0.465 e. The second-order valence-corrected chi connectivity index (χ2v) is 3.70. The predicted molar refractivity (Wildman–Crippen MR) is 44.1 cm³/mol. The van der Waals surface area contributed by atoms with Gasteiger partial charge in [0.05, 0.1) is 0 Å². The molecular weight excluding hydrogens is 156 g/mol. The third-order valence-corrected chi connectivity index (χ3v) is 2.97. The highest BCUT2D eigenvalue weighted by atomic mass is 16.4. The molecule has 0 spiro atoms. The molecule has 4 heteroatoms. The molecule has 2 rings (SSSR count). The van der Waals surface area contributed by atoms with Crippen molar-refractivity contribution < 1.29 is 9.90 Å². The number of carboxylic acid groups (broad SMARTS) is 1. The van der Waals surface area contributed by atoms with Crippen molar-refractivity contribution in [3.63, 3.8) is 0 Å². The van der Waals surface area contributed by atoms with Crippen molar-refractivity contribution in [2.24, 2.45) is 11.8 Å². The maximum Gasteiger partial charge on any atom is 0.407 e. The molecule has 2 aliphatic heterocycles. The molecule has 0 bridgehead atoms. The smallest absolute Gasteiger partial charge is 0.407 e. The second kappa shape index (κ2) is 2.94. The first-order valence-corrected chi connectivity index (χ1v) is 4.46. The van der Waals surface area contributed by atoms with E-state index in [1.807, 2.05) is 0 Å². The fourth-order valence-electron chi connectivity index (χ4n) is 2.21. The number of amides is 1. The van der Waals surface area contributed by atoms with Gasteiger partial charge in [0, 0.05) is 13.1 Å². The topological polar surface area (TPSA) is 52.6 Å². The maximum atomic E-state index is 10.6. The van der Waals surface area contributed by atoms with Crippen LogP contribution in [0.25, 0.3) is 0 Å². The van der Waals surface area contributed by atoms with Crippen LogP contribution in [0, 0.1) is 11.8 Å². The maximum absolute atomic E-state index is 10.6. The Kier molecular flexibility index (Phi) is 1.92. The van der Waals surface area contributed by atoms with Gasteiger partial charge in [-0.2, -0.15) is 0 Å². The van der Waals surface area contributed by atoms with E-state index >= 15 is 0 Å². The van der Waals surface area contributed by atoms with Gasteiger partial charge in [-0.1, -0.05) is 0 Å². The first-order chi connectivity index (χ1) is 5.77. The minimum atomic E-state index is -0.764. The van der Waals surface area contributed by atoms with Crippen molar-refractivity contribution >= 4 is 6.09 Å². The summed E-state index contributed by atoms with van der Waals surface area (Å²) in [6.45, 7) is 3.53. The zero-order chi connectivity index (χ0) is 8.55. The number of hydrogen-bond acceptors (Lipinski definition) is 2. The van der Waals surface area contributed by atoms with Crippen LogP contribution >= 0.6 is 0 Å². The number of hydrogen-bond donors (Lipinski definition) is 2. The lowest BCUT2D eigenvalue weighted by Gasteiger charge is -2.32. The van der Waals surface area contributed by atoms with E-state index in [0.717, 1.165) is 38.5 Å². The van der Waals surface area contributed by atoms with Crippen LogP contribution in [0.3, 0.4) is 0 Å². The second-order valence-electron chi connectivity index (χ2n) is 3.70. The highest BCUT2D eigenvalue weighted by Gasteiger charge is 2.34. The highest BCUT2D eigenvalue weighted by molar-refractivity contribution is 5.65. The molecule has 1 amide bonds. The van der Waals surface area contributed by atoms with E-state index in [1.54, 1.807) is 0 Å². The molecule has 2 fully saturated rings. The van der Waals surface area contributed by atoms with E-state index in [0.29, 0.717) is 5.92 Å². The lowest BCUT2D eigenvalue weighted by atomic mass is 9.89. The molecule has 12 heavy (non-hydrogen) atoms. The molecule has 0 saturated carbocycles. The van der Waals surface area contributed by atoms with Crippen molar-refractivity contribution in [3.8, 4) is 0 Å². The Morgan fingerprint density at radius 1 is 1.42 bits per heavy atom. The van der Waals surface area contributed by atoms with E-state index in [2.05, 4.69) is 5.32 Å². The summed E-state index contributed by atoms with van der Waals surface area (Å²) in [4.78, 5) is 12.2. The summed E-state index contributed by atoms with van der Waals surface area (Å²) in [5, 5.41) is 12.1. The van der Waals surface area contributed by atoms with Crippen molar-refractivity contribution in [2.45, 2.75) is 6.42 Å². The number of likely N-dealkylation sites (tertiary alicyclic amines) is 1. The van der Waals surface area contributed by atoms with Crippen LogP contribution in [0.2, 0.25) is 0 Å². The Balaban J connectivity index is 1.96. The molecule has 2 saturated heterocycles. The molecule has 2 heterocycles. The molecule has 0 radical (unpaired) electrons. The number of nitrogens with zero attached hydrogens (tertiary/aromatic N) is 1. The number of nitrogens with one attached hydrogen (secondary N) is 1. The van der Waals surface area contributed by atoms with Gasteiger partial charge in [0.25, 0.3) is 0 Å². The van der Waals surface area contributed by atoms with Gasteiger partial charge < -0.3 is 15.3 Å². The van der Waals surface area contributed by atoms with Crippen LogP contribution < -0.4 is 5.32 Å².